The molecular formula is HB2IO. The molecule has 0 fully saturated rings. The van der Waals surface area contributed by atoms with Gasteiger partial charge in [0.2, 0.25) is 0 Å². The van der Waals surface area contributed by atoms with E-state index in [0.717, 1.165) is 0 Å². The van der Waals surface area contributed by atoms with Crippen molar-refractivity contribution in [2.75, 3.05) is 0 Å². The third kappa shape index (κ3) is 16.8. The van der Waals surface area contributed by atoms with Crippen LogP contribution >= 0.6 is 19.2 Å². The molecule has 0 saturated carbocycles. The topological polar surface area (TPSA) is 17.1 Å². The molecule has 0 unspecified atom stereocenters. The Morgan fingerprint density at radius 2 is 2.00 bits per heavy atom. The summed E-state index contributed by atoms with van der Waals surface area (Å²) in [4.78, 5) is 0. The average molecular weight is 168 g/mol. The van der Waals surface area contributed by atoms with Gasteiger partial charge in [-0.3, -0.25) is 0 Å². The van der Waals surface area contributed by atoms with Crippen LogP contribution < -0.4 is 0 Å². The van der Waals surface area contributed by atoms with Gasteiger partial charge >= 0.3 is 34.2 Å². The fraction of sp³-hybridized carbons (Fsp3) is 0. The Bertz CT molecular complexity index is 55.8. The molecule has 0 aliphatic heterocycles. The van der Waals surface area contributed by atoms with E-state index >= 15 is 0 Å². The van der Waals surface area contributed by atoms with E-state index < -0.39 is 19.2 Å². The molecule has 0 amide bonds. The second-order valence-corrected chi connectivity index (χ2v) is 2.04. The predicted molar refractivity (Wildman–Crippen MR) is 27.6 cm³/mol. The Balaban J connectivity index is 3.47. The molecule has 4 radical (unpaired) electrons. The molecule has 0 saturated heterocycles. The summed E-state index contributed by atoms with van der Waals surface area (Å²) in [6.45, 7) is 0. The minimum absolute atomic E-state index is 3.94. The van der Waals surface area contributed by atoms with E-state index in [1.165, 1.54) is 0 Å². The van der Waals surface area contributed by atoms with Crippen molar-refractivity contribution in [2.45, 2.75) is 0 Å². The van der Waals surface area contributed by atoms with E-state index in [4.69, 9.17) is 0.594 Å². The van der Waals surface area contributed by atoms with Crippen molar-refractivity contribution in [3.8, 4) is 0 Å². The molecule has 20 valence electrons. The number of rotatable bonds is 0. The number of hydrogen-bond donors (Lipinski definition) is 0. The summed E-state index contributed by atoms with van der Waals surface area (Å²) >= 11 is -3.94. The van der Waals surface area contributed by atoms with Crippen molar-refractivity contribution in [2.24, 2.45) is 0 Å². The molecule has 0 aromatic rings. The SMILES string of the molecule is [3H]I([B])([B])=O. The number of halogens is 1. The zero-order chi connectivity index (χ0) is 4.50. The van der Waals surface area contributed by atoms with E-state index in [2.05, 4.69) is 11.4 Å². The Labute approximate surface area is 34.7 Å². The zero-order valence-corrected chi connectivity index (χ0v) is 4.10. The van der Waals surface area contributed by atoms with Crippen LogP contribution in [-0.4, -0.2) is 12.0 Å². The van der Waals surface area contributed by atoms with Crippen molar-refractivity contribution >= 4 is 30.6 Å². The summed E-state index contributed by atoms with van der Waals surface area (Å²) in [5, 5.41) is 0. The second kappa shape index (κ2) is 1.93. The van der Waals surface area contributed by atoms with Crippen molar-refractivity contribution < 1.29 is 3.07 Å². The molecule has 0 aromatic carbocycles. The Morgan fingerprint density at radius 3 is 2.00 bits per heavy atom. The Hall–Kier alpha value is 0.660. The fourth-order valence-corrected chi connectivity index (χ4v) is 0. The van der Waals surface area contributed by atoms with Gasteiger partial charge in [0.25, 0.3) is 0 Å². The first kappa shape index (κ1) is 2.87. The molecule has 0 rings (SSSR count). The quantitative estimate of drug-likeness (QED) is 0.359. The van der Waals surface area contributed by atoms with E-state index in [1.54, 1.807) is 0 Å². The van der Waals surface area contributed by atoms with Crippen LogP contribution in [0.5, 0.6) is 0 Å². The van der Waals surface area contributed by atoms with Crippen molar-refractivity contribution in [3.63, 3.8) is 0 Å². The summed E-state index contributed by atoms with van der Waals surface area (Å²) < 4.78 is 15.6. The molecule has 0 N–H and O–H groups in total. The van der Waals surface area contributed by atoms with Gasteiger partial charge in [0.05, 0.1) is 0 Å². The van der Waals surface area contributed by atoms with Crippen LogP contribution in [0.15, 0.2) is 0 Å². The summed E-state index contributed by atoms with van der Waals surface area (Å²) in [7, 11) is 0. The van der Waals surface area contributed by atoms with E-state index in [-0.39, 0.29) is 0 Å². The maximum atomic E-state index is 9.51. The first-order chi connectivity index (χ1) is 2.00. The third-order valence-electron chi connectivity index (χ3n) is 0. The molecule has 4 heavy (non-hydrogen) atoms. The molecule has 0 aliphatic rings. The summed E-state index contributed by atoms with van der Waals surface area (Å²) in [6.07, 6.45) is 0. The Kier molecular flexibility index (Phi) is 1.39. The van der Waals surface area contributed by atoms with Crippen molar-refractivity contribution in [1.82, 2.24) is 0 Å². The van der Waals surface area contributed by atoms with Crippen LogP contribution in [0, 0.1) is 0 Å². The normalized spacial score (nSPS) is 18.5. The molecule has 4 heteroatoms. The third-order valence-corrected chi connectivity index (χ3v) is 0. The van der Waals surface area contributed by atoms with Crippen LogP contribution in [0.3, 0.4) is 0 Å². The first-order valence-corrected chi connectivity index (χ1v) is 3.96. The van der Waals surface area contributed by atoms with E-state index in [9.17, 15) is 3.07 Å². The van der Waals surface area contributed by atoms with Crippen LogP contribution in [-0.2, 0) is 3.07 Å². The van der Waals surface area contributed by atoms with Crippen LogP contribution in [0.25, 0.3) is 0 Å². The Morgan fingerprint density at radius 1 is 2.00 bits per heavy atom. The molecule has 0 bridgehead atoms. The molecule has 0 aliphatic carbocycles. The van der Waals surface area contributed by atoms with Gasteiger partial charge in [-0.2, -0.15) is 0 Å². The van der Waals surface area contributed by atoms with Crippen LogP contribution in [0.1, 0.15) is 0 Å². The molecule has 0 spiro atoms. The van der Waals surface area contributed by atoms with Gasteiger partial charge in [-0.15, -0.1) is 0 Å². The standard InChI is InChI=1S/B2HIO/c1-3(2)4/h3H/i3T. The fourth-order valence-electron chi connectivity index (χ4n) is 0. The van der Waals surface area contributed by atoms with Gasteiger partial charge in [-0.05, 0) is 0 Å². The molecule has 0 heterocycles. The van der Waals surface area contributed by atoms with Gasteiger partial charge < -0.3 is 0 Å². The van der Waals surface area contributed by atoms with Crippen LogP contribution in [0.4, 0.5) is 0 Å². The minimum atomic E-state index is -3.94. The van der Waals surface area contributed by atoms with Gasteiger partial charge in [-0.25, -0.2) is 0 Å². The average Bonchev–Trinajstić information content (AvgIpc) is 0.722. The summed E-state index contributed by atoms with van der Waals surface area (Å²) in [5.74, 6) is 0. The molecule has 0 aromatic heterocycles. The summed E-state index contributed by atoms with van der Waals surface area (Å²) in [5.41, 5.74) is 8.85. The van der Waals surface area contributed by atoms with Gasteiger partial charge in [0.15, 0.2) is 0 Å². The van der Waals surface area contributed by atoms with Gasteiger partial charge in [0, 0.05) is 0 Å². The first-order valence-electron chi connectivity index (χ1n) is 0.969. The van der Waals surface area contributed by atoms with Gasteiger partial charge in [0.1, 0.15) is 0 Å². The molecule has 0 atom stereocenters. The van der Waals surface area contributed by atoms with Crippen LogP contribution in [0.2, 0.25) is 0 Å². The van der Waals surface area contributed by atoms with E-state index in [0.29, 0.717) is 0 Å². The summed E-state index contributed by atoms with van der Waals surface area (Å²) in [6, 6.07) is 0. The van der Waals surface area contributed by atoms with Crippen molar-refractivity contribution in [1.29, 1.82) is 0.594 Å². The second-order valence-electron chi connectivity index (χ2n) is 0.304. The van der Waals surface area contributed by atoms with E-state index in [1.807, 2.05) is 0 Å². The number of hydrogen-bond acceptors (Lipinski definition) is 1. The molecular weight excluding hydrogens is 165 g/mol. The predicted octanol–water partition coefficient (Wildman–Crippen LogP) is -0.262. The zero-order valence-electron chi connectivity index (χ0n) is 2.94. The van der Waals surface area contributed by atoms with Gasteiger partial charge in [-0.1, -0.05) is 0 Å². The monoisotopic (exact) mass is 168 g/mol. The maximum absolute atomic E-state index is 9.51. The molecule has 1 nitrogen and oxygen atoms in total. The van der Waals surface area contributed by atoms with Crippen molar-refractivity contribution in [3.05, 3.63) is 0 Å².